The van der Waals surface area contributed by atoms with Gasteiger partial charge in [-0.15, -0.1) is 0 Å². The summed E-state index contributed by atoms with van der Waals surface area (Å²) in [6.45, 7) is 7.42. The summed E-state index contributed by atoms with van der Waals surface area (Å²) in [6.07, 6.45) is 0.244. The van der Waals surface area contributed by atoms with E-state index in [9.17, 15) is 0 Å². The molecule has 0 atom stereocenters. The summed E-state index contributed by atoms with van der Waals surface area (Å²) in [5.41, 5.74) is 1.18. The number of hydrogen-bond acceptors (Lipinski definition) is 3. The Morgan fingerprint density at radius 3 is 2.79 bits per heavy atom. The molecule has 14 heavy (non-hydrogen) atoms. The van der Waals surface area contributed by atoms with Crippen molar-refractivity contribution < 1.29 is 9.15 Å². The number of rotatable bonds is 5. The maximum absolute atomic E-state index is 5.62. The normalized spacial score (nSPS) is 11.2. The topological polar surface area (TPSA) is 34.4 Å². The van der Waals surface area contributed by atoms with Crippen molar-refractivity contribution in [2.45, 2.75) is 40.0 Å². The molecule has 0 saturated carbocycles. The van der Waals surface area contributed by atoms with Crippen molar-refractivity contribution in [1.29, 1.82) is 0 Å². The first-order valence-corrected chi connectivity index (χ1v) is 4.98. The van der Waals surface area contributed by atoms with Gasteiger partial charge in [-0.2, -0.15) is 0 Å². The van der Waals surface area contributed by atoms with Gasteiger partial charge in [-0.1, -0.05) is 0 Å². The van der Waals surface area contributed by atoms with E-state index < -0.39 is 0 Å². The third kappa shape index (κ3) is 3.16. The summed E-state index contributed by atoms with van der Waals surface area (Å²) in [4.78, 5) is 0. The molecule has 1 aromatic rings. The van der Waals surface area contributed by atoms with Gasteiger partial charge in [0.05, 0.1) is 12.6 Å². The summed E-state index contributed by atoms with van der Waals surface area (Å²) in [5, 5.41) is 3.07. The molecule has 3 heteroatoms. The first-order valence-electron chi connectivity index (χ1n) is 4.98. The molecule has 1 N–H and O–H groups in total. The molecule has 3 nitrogen and oxygen atoms in total. The first kappa shape index (κ1) is 11.3. The van der Waals surface area contributed by atoms with E-state index in [1.165, 1.54) is 5.56 Å². The quantitative estimate of drug-likeness (QED) is 0.786. The summed E-state index contributed by atoms with van der Waals surface area (Å²) in [7, 11) is 1.91. The molecular formula is C11H19NO2. The van der Waals surface area contributed by atoms with Crippen LogP contribution in [0.4, 0.5) is 0 Å². The zero-order valence-electron chi connectivity index (χ0n) is 9.39. The van der Waals surface area contributed by atoms with Gasteiger partial charge in [-0.05, 0) is 39.4 Å². The Labute approximate surface area is 85.4 Å². The molecule has 0 radical (unpaired) electrons. The number of nitrogens with one attached hydrogen (secondary N) is 1. The molecular weight excluding hydrogens is 178 g/mol. The molecule has 0 fully saturated rings. The van der Waals surface area contributed by atoms with Crippen LogP contribution < -0.4 is 5.32 Å². The maximum Gasteiger partial charge on any atom is 0.130 e. The van der Waals surface area contributed by atoms with Crippen LogP contribution >= 0.6 is 0 Å². The van der Waals surface area contributed by atoms with Gasteiger partial charge in [0.2, 0.25) is 0 Å². The van der Waals surface area contributed by atoms with Gasteiger partial charge in [-0.25, -0.2) is 0 Å². The smallest absolute Gasteiger partial charge is 0.130 e. The van der Waals surface area contributed by atoms with Gasteiger partial charge in [0.15, 0.2) is 0 Å². The average Bonchev–Trinajstić information content (AvgIpc) is 2.45. The second-order valence-electron chi connectivity index (χ2n) is 3.71. The van der Waals surface area contributed by atoms with Gasteiger partial charge < -0.3 is 14.5 Å². The standard InChI is InChI=1S/C11H19NO2/c1-8(2)13-7-10-5-9(3)11(14-10)6-12-4/h5,8,12H,6-7H2,1-4H3. The lowest BCUT2D eigenvalue weighted by Crippen LogP contribution is -2.04. The Kier molecular flexibility index (Phi) is 4.17. The van der Waals surface area contributed by atoms with Crippen LogP contribution in [0.3, 0.4) is 0 Å². The minimum atomic E-state index is 0.244. The second kappa shape index (κ2) is 5.17. The van der Waals surface area contributed by atoms with Crippen LogP contribution in [0.15, 0.2) is 10.5 Å². The van der Waals surface area contributed by atoms with Gasteiger partial charge in [0.1, 0.15) is 18.1 Å². The van der Waals surface area contributed by atoms with Crippen LogP contribution in [0.2, 0.25) is 0 Å². The molecule has 1 aromatic heterocycles. The van der Waals surface area contributed by atoms with E-state index in [4.69, 9.17) is 9.15 Å². The molecule has 0 aromatic carbocycles. The predicted molar refractivity (Wildman–Crippen MR) is 56.1 cm³/mol. The van der Waals surface area contributed by atoms with Crippen molar-refractivity contribution in [2.75, 3.05) is 7.05 Å². The Morgan fingerprint density at radius 2 is 2.21 bits per heavy atom. The number of hydrogen-bond donors (Lipinski definition) is 1. The first-order chi connectivity index (χ1) is 6.63. The number of furan rings is 1. The Balaban J connectivity index is 2.56. The van der Waals surface area contributed by atoms with E-state index in [1.807, 2.05) is 27.0 Å². The average molecular weight is 197 g/mol. The molecule has 0 spiro atoms. The minimum Gasteiger partial charge on any atom is -0.462 e. The molecule has 0 bridgehead atoms. The van der Waals surface area contributed by atoms with E-state index in [-0.39, 0.29) is 6.10 Å². The molecule has 0 aliphatic rings. The Morgan fingerprint density at radius 1 is 1.50 bits per heavy atom. The van der Waals surface area contributed by atoms with Gasteiger partial charge in [0.25, 0.3) is 0 Å². The molecule has 0 aliphatic carbocycles. The summed E-state index contributed by atoms with van der Waals surface area (Å²) < 4.78 is 11.1. The number of ether oxygens (including phenoxy) is 1. The minimum absolute atomic E-state index is 0.244. The van der Waals surface area contributed by atoms with Crippen molar-refractivity contribution in [3.05, 3.63) is 23.2 Å². The van der Waals surface area contributed by atoms with E-state index in [2.05, 4.69) is 12.2 Å². The second-order valence-corrected chi connectivity index (χ2v) is 3.71. The van der Waals surface area contributed by atoms with Gasteiger partial charge >= 0.3 is 0 Å². The summed E-state index contributed by atoms with van der Waals surface area (Å²) >= 11 is 0. The fourth-order valence-electron chi connectivity index (χ4n) is 1.25. The van der Waals surface area contributed by atoms with Crippen LogP contribution in [-0.2, 0) is 17.9 Å². The lowest BCUT2D eigenvalue weighted by Gasteiger charge is -2.04. The Hall–Kier alpha value is -0.800. The highest BCUT2D eigenvalue weighted by Gasteiger charge is 2.07. The molecule has 0 unspecified atom stereocenters. The van der Waals surface area contributed by atoms with Crippen molar-refractivity contribution >= 4 is 0 Å². The highest BCUT2D eigenvalue weighted by atomic mass is 16.5. The van der Waals surface area contributed by atoms with Crippen molar-refractivity contribution in [3.8, 4) is 0 Å². The monoisotopic (exact) mass is 197 g/mol. The molecule has 80 valence electrons. The van der Waals surface area contributed by atoms with Gasteiger partial charge in [-0.3, -0.25) is 0 Å². The molecule has 0 amide bonds. The molecule has 1 heterocycles. The highest BCUT2D eigenvalue weighted by Crippen LogP contribution is 2.15. The van der Waals surface area contributed by atoms with E-state index in [1.54, 1.807) is 0 Å². The molecule has 0 saturated heterocycles. The molecule has 0 aliphatic heterocycles. The van der Waals surface area contributed by atoms with Gasteiger partial charge in [0, 0.05) is 0 Å². The lowest BCUT2D eigenvalue weighted by molar-refractivity contribution is 0.0539. The Bertz CT molecular complexity index is 279. The maximum atomic E-state index is 5.62. The lowest BCUT2D eigenvalue weighted by atomic mass is 10.2. The van der Waals surface area contributed by atoms with Crippen LogP contribution in [0.1, 0.15) is 30.9 Å². The van der Waals surface area contributed by atoms with Crippen molar-refractivity contribution in [2.24, 2.45) is 0 Å². The van der Waals surface area contributed by atoms with E-state index >= 15 is 0 Å². The zero-order chi connectivity index (χ0) is 10.6. The van der Waals surface area contributed by atoms with Crippen LogP contribution in [0, 0.1) is 6.92 Å². The largest absolute Gasteiger partial charge is 0.462 e. The van der Waals surface area contributed by atoms with Crippen LogP contribution in [-0.4, -0.2) is 13.2 Å². The fraction of sp³-hybridized carbons (Fsp3) is 0.636. The number of aryl methyl sites for hydroxylation is 1. The summed E-state index contributed by atoms with van der Waals surface area (Å²) in [6, 6.07) is 2.04. The van der Waals surface area contributed by atoms with Crippen LogP contribution in [0.25, 0.3) is 0 Å². The van der Waals surface area contributed by atoms with Crippen molar-refractivity contribution in [3.63, 3.8) is 0 Å². The zero-order valence-corrected chi connectivity index (χ0v) is 9.39. The third-order valence-corrected chi connectivity index (χ3v) is 1.97. The SMILES string of the molecule is CNCc1oc(COC(C)C)cc1C. The fourth-order valence-corrected chi connectivity index (χ4v) is 1.25. The van der Waals surface area contributed by atoms with E-state index in [0.29, 0.717) is 6.61 Å². The summed E-state index contributed by atoms with van der Waals surface area (Å²) in [5.74, 6) is 1.90. The van der Waals surface area contributed by atoms with Crippen molar-refractivity contribution in [1.82, 2.24) is 5.32 Å². The predicted octanol–water partition coefficient (Wildman–Crippen LogP) is 2.23. The van der Waals surface area contributed by atoms with E-state index in [0.717, 1.165) is 18.1 Å². The highest BCUT2D eigenvalue weighted by molar-refractivity contribution is 5.19. The van der Waals surface area contributed by atoms with Crippen LogP contribution in [0.5, 0.6) is 0 Å². The molecule has 1 rings (SSSR count). The third-order valence-electron chi connectivity index (χ3n) is 1.97.